The zero-order chi connectivity index (χ0) is 7.72. The van der Waals surface area contributed by atoms with Gasteiger partial charge in [0, 0.05) is 8.45 Å². The van der Waals surface area contributed by atoms with Crippen LogP contribution in [0.3, 0.4) is 0 Å². The molecule has 4 heteroatoms. The van der Waals surface area contributed by atoms with Crippen LogP contribution in [-0.2, 0) is 0 Å². The Morgan fingerprint density at radius 1 is 1.80 bits per heavy atom. The first kappa shape index (κ1) is 8.96. The minimum Gasteiger partial charge on any atom is -0.388 e. The van der Waals surface area contributed by atoms with E-state index in [2.05, 4.69) is 45.4 Å². The quantitative estimate of drug-likeness (QED) is 0.784. The minimum absolute atomic E-state index is 0.593. The highest BCUT2D eigenvalue weighted by molar-refractivity contribution is 14.1. The van der Waals surface area contributed by atoms with Crippen LogP contribution < -0.4 is 0 Å². The summed E-state index contributed by atoms with van der Waals surface area (Å²) in [6.07, 6.45) is -0.593. The summed E-state index contributed by atoms with van der Waals surface area (Å²) in [4.78, 5) is 0.899. The highest BCUT2D eigenvalue weighted by Gasteiger charge is 2.07. The van der Waals surface area contributed by atoms with Crippen LogP contribution in [0.1, 0.15) is 11.0 Å². The first-order valence-electron chi connectivity index (χ1n) is 2.57. The number of hydrogen-bond acceptors (Lipinski definition) is 2. The summed E-state index contributed by atoms with van der Waals surface area (Å²) < 4.78 is 2.19. The maximum absolute atomic E-state index is 9.04. The molecule has 10 heavy (non-hydrogen) atoms. The lowest BCUT2D eigenvalue weighted by Crippen LogP contribution is -1.84. The molecule has 55 valence electrons. The summed E-state index contributed by atoms with van der Waals surface area (Å²) in [5.41, 5.74) is 0. The van der Waals surface area contributed by atoms with Gasteiger partial charge in [0.15, 0.2) is 0 Å². The third-order valence-electron chi connectivity index (χ3n) is 0.993. The van der Waals surface area contributed by atoms with E-state index in [1.54, 1.807) is 0 Å². The van der Waals surface area contributed by atoms with Gasteiger partial charge >= 0.3 is 0 Å². The standard InChI is InChI=1S/C6H5BrIOS/c1-3(9)5-2-4(8)6(7)10-5/h2-3,9H,1H2. The molecule has 1 radical (unpaired) electrons. The molecule has 0 saturated carbocycles. The average Bonchev–Trinajstić information content (AvgIpc) is 2.13. The van der Waals surface area contributed by atoms with Gasteiger partial charge in [-0.25, -0.2) is 0 Å². The van der Waals surface area contributed by atoms with Gasteiger partial charge in [0.25, 0.3) is 0 Å². The lowest BCUT2D eigenvalue weighted by molar-refractivity contribution is 0.230. The second-order valence-electron chi connectivity index (χ2n) is 1.79. The molecule has 0 aliphatic carbocycles. The summed E-state index contributed by atoms with van der Waals surface area (Å²) >= 11 is 7.08. The number of thiophene rings is 1. The number of aliphatic hydroxyl groups excluding tert-OH is 1. The Bertz CT molecular complexity index is 214. The van der Waals surface area contributed by atoms with Crippen LogP contribution >= 0.6 is 49.9 Å². The molecule has 0 saturated heterocycles. The van der Waals surface area contributed by atoms with E-state index >= 15 is 0 Å². The van der Waals surface area contributed by atoms with Crippen LogP contribution in [0.15, 0.2) is 9.85 Å². The molecule has 1 nitrogen and oxygen atoms in total. The van der Waals surface area contributed by atoms with Crippen molar-refractivity contribution in [2.24, 2.45) is 0 Å². The van der Waals surface area contributed by atoms with Gasteiger partial charge in [-0.15, -0.1) is 11.3 Å². The van der Waals surface area contributed by atoms with E-state index in [0.717, 1.165) is 12.2 Å². The van der Waals surface area contributed by atoms with Gasteiger partial charge in [-0.1, -0.05) is 0 Å². The second kappa shape index (κ2) is 3.51. The fraction of sp³-hybridized carbons (Fsp3) is 0.167. The number of aliphatic hydroxyl groups is 1. The third kappa shape index (κ3) is 1.93. The zero-order valence-corrected chi connectivity index (χ0v) is 9.53. The monoisotopic (exact) mass is 331 g/mol. The molecule has 0 aliphatic rings. The van der Waals surface area contributed by atoms with Crippen molar-refractivity contribution in [3.05, 3.63) is 25.2 Å². The maximum Gasteiger partial charge on any atom is 0.0883 e. The summed E-state index contributed by atoms with van der Waals surface area (Å²) in [7, 11) is 0. The molecule has 1 unspecified atom stereocenters. The molecular weight excluding hydrogens is 327 g/mol. The van der Waals surface area contributed by atoms with Crippen molar-refractivity contribution in [3.8, 4) is 0 Å². The van der Waals surface area contributed by atoms with Gasteiger partial charge in [-0.05, 0) is 51.5 Å². The lowest BCUT2D eigenvalue weighted by atomic mass is 10.3. The Morgan fingerprint density at radius 2 is 2.40 bits per heavy atom. The van der Waals surface area contributed by atoms with E-state index in [-0.39, 0.29) is 0 Å². The highest BCUT2D eigenvalue weighted by atomic mass is 127. The average molecular weight is 332 g/mol. The number of hydrogen-bond donors (Lipinski definition) is 1. The summed E-state index contributed by atoms with van der Waals surface area (Å²) in [5.74, 6) is 0. The first-order chi connectivity index (χ1) is 4.61. The molecule has 1 N–H and O–H groups in total. The largest absolute Gasteiger partial charge is 0.388 e. The van der Waals surface area contributed by atoms with Gasteiger partial charge < -0.3 is 5.11 Å². The maximum atomic E-state index is 9.04. The van der Waals surface area contributed by atoms with Crippen molar-refractivity contribution in [2.45, 2.75) is 6.10 Å². The van der Waals surface area contributed by atoms with Crippen molar-refractivity contribution < 1.29 is 5.11 Å². The van der Waals surface area contributed by atoms with E-state index in [1.807, 2.05) is 6.07 Å². The Hall–Kier alpha value is 0.870. The normalized spacial score (nSPS) is 13.6. The van der Waals surface area contributed by atoms with Crippen LogP contribution in [0.2, 0.25) is 0 Å². The lowest BCUT2D eigenvalue weighted by Gasteiger charge is -1.95. The van der Waals surface area contributed by atoms with Crippen LogP contribution in [0, 0.1) is 10.5 Å². The van der Waals surface area contributed by atoms with Crippen LogP contribution in [0.4, 0.5) is 0 Å². The topological polar surface area (TPSA) is 20.2 Å². The minimum atomic E-state index is -0.593. The smallest absolute Gasteiger partial charge is 0.0883 e. The second-order valence-corrected chi connectivity index (χ2v) is 5.35. The van der Waals surface area contributed by atoms with Gasteiger partial charge in [0.05, 0.1) is 9.89 Å². The summed E-state index contributed by atoms with van der Waals surface area (Å²) in [6.45, 7) is 3.50. The van der Waals surface area contributed by atoms with Crippen molar-refractivity contribution in [3.63, 3.8) is 0 Å². The zero-order valence-electron chi connectivity index (χ0n) is 4.97. The Morgan fingerprint density at radius 3 is 2.60 bits per heavy atom. The predicted octanol–water partition coefficient (Wildman–Crippen LogP) is 2.98. The molecule has 0 aliphatic heterocycles. The number of halogens is 2. The van der Waals surface area contributed by atoms with Gasteiger partial charge in [-0.2, -0.15) is 0 Å². The number of rotatable bonds is 1. The molecular formula is C6H5BrIOS. The fourth-order valence-electron chi connectivity index (χ4n) is 0.528. The van der Waals surface area contributed by atoms with E-state index in [1.165, 1.54) is 11.3 Å². The predicted molar refractivity (Wildman–Crippen MR) is 55.1 cm³/mol. The van der Waals surface area contributed by atoms with E-state index in [4.69, 9.17) is 5.11 Å². The summed E-state index contributed by atoms with van der Waals surface area (Å²) in [5, 5.41) is 9.04. The molecule has 0 spiro atoms. The SMILES string of the molecule is [CH2]C(O)c1cc(I)c(Br)s1. The first-order valence-corrected chi connectivity index (χ1v) is 5.26. The summed E-state index contributed by atoms with van der Waals surface area (Å²) in [6, 6.07) is 1.92. The molecule has 0 bridgehead atoms. The van der Waals surface area contributed by atoms with Gasteiger partial charge in [0.2, 0.25) is 0 Å². The van der Waals surface area contributed by atoms with Crippen LogP contribution in [0.25, 0.3) is 0 Å². The molecule has 0 amide bonds. The van der Waals surface area contributed by atoms with Crippen molar-refractivity contribution >= 4 is 49.9 Å². The highest BCUT2D eigenvalue weighted by Crippen LogP contribution is 2.32. The van der Waals surface area contributed by atoms with Crippen molar-refractivity contribution in [1.82, 2.24) is 0 Å². The van der Waals surface area contributed by atoms with Gasteiger partial charge in [-0.3, -0.25) is 0 Å². The Balaban J connectivity index is 2.98. The van der Waals surface area contributed by atoms with E-state index in [9.17, 15) is 0 Å². The molecule has 1 rings (SSSR count). The van der Waals surface area contributed by atoms with Crippen molar-refractivity contribution in [1.29, 1.82) is 0 Å². The third-order valence-corrected chi connectivity index (χ3v) is 4.89. The Labute approximate surface area is 85.7 Å². The molecule has 1 heterocycles. The fourth-order valence-corrected chi connectivity index (χ4v) is 2.76. The molecule has 1 aromatic heterocycles. The molecule has 0 aromatic carbocycles. The van der Waals surface area contributed by atoms with Gasteiger partial charge in [0.1, 0.15) is 0 Å². The molecule has 1 atom stereocenters. The van der Waals surface area contributed by atoms with Crippen molar-refractivity contribution in [2.75, 3.05) is 0 Å². The van der Waals surface area contributed by atoms with Crippen LogP contribution in [0.5, 0.6) is 0 Å². The molecule has 1 aromatic rings. The van der Waals surface area contributed by atoms with Crippen LogP contribution in [-0.4, -0.2) is 5.11 Å². The van der Waals surface area contributed by atoms with E-state index < -0.39 is 6.10 Å². The Kier molecular flexibility index (Phi) is 3.15. The molecule has 0 fully saturated rings. The van der Waals surface area contributed by atoms with E-state index in [0.29, 0.717) is 0 Å².